The van der Waals surface area contributed by atoms with Gasteiger partial charge in [0.05, 0.1) is 36.1 Å². The summed E-state index contributed by atoms with van der Waals surface area (Å²) in [6.45, 7) is 4.19. The SMILES string of the molecule is CO[C@@H]1C[C@H](O[C@@H]2CC[C@]3(CO)[C@H]4CC[C@]5(C)[C@H](C6=CC(=O)OC6)CC[C@]5(O)[C@@H]4CC[C@]3(O)C2)O[C@H](C)[C@H]1O. The Bertz CT molecular complexity index is 1000. The van der Waals surface area contributed by atoms with Crippen LogP contribution in [0.3, 0.4) is 0 Å². The molecule has 5 fully saturated rings. The summed E-state index contributed by atoms with van der Waals surface area (Å²) in [5, 5.41) is 45.9. The number of carbonyl (C=O) groups excluding carboxylic acids is 1. The Balaban J connectivity index is 1.20. The first-order valence-corrected chi connectivity index (χ1v) is 14.9. The van der Waals surface area contributed by atoms with Crippen LogP contribution in [0.4, 0.5) is 0 Å². The number of hydrogen-bond donors (Lipinski definition) is 4. The molecule has 0 amide bonds. The molecule has 2 heterocycles. The molecule has 0 unspecified atom stereocenters. The van der Waals surface area contributed by atoms with Crippen molar-refractivity contribution >= 4 is 5.97 Å². The minimum atomic E-state index is -1.09. The normalized spacial score (nSPS) is 53.4. The molecule has 0 spiro atoms. The third-order valence-corrected chi connectivity index (χ3v) is 12.3. The highest BCUT2D eigenvalue weighted by Gasteiger charge is 2.71. The Morgan fingerprint density at radius 1 is 1.08 bits per heavy atom. The summed E-state index contributed by atoms with van der Waals surface area (Å²) in [4.78, 5) is 11.8. The standard InChI is InChI=1S/C30H46O9/c1-17-26(33)23(36-3)13-25(38-17)39-19-4-9-28(16-31)21-5-8-27(2)20(18-12-24(32)37-15-18)7-11-30(27,35)22(21)6-10-29(28,34)14-19/h12,17,19-23,25-26,31,33-35H,4-11,13-16H2,1-3H3/t17-,19-,20+,21+,22-,23-,25+,26-,27-,28+,29+,30+/m1/s1. The predicted octanol–water partition coefficient (Wildman–Crippen LogP) is 2.23. The molecule has 4 N–H and O–H groups in total. The van der Waals surface area contributed by atoms with E-state index in [0.29, 0.717) is 51.6 Å². The average molecular weight is 551 g/mol. The first-order valence-electron chi connectivity index (χ1n) is 14.9. The van der Waals surface area contributed by atoms with Crippen molar-refractivity contribution in [3.8, 4) is 0 Å². The second-order valence-electron chi connectivity index (χ2n) is 13.7. The Hall–Kier alpha value is -1.07. The van der Waals surface area contributed by atoms with Crippen molar-refractivity contribution in [1.29, 1.82) is 0 Å². The van der Waals surface area contributed by atoms with E-state index in [1.807, 2.05) is 6.92 Å². The first kappa shape index (κ1) is 28.1. The van der Waals surface area contributed by atoms with Crippen molar-refractivity contribution in [3.05, 3.63) is 11.6 Å². The Kier molecular flexibility index (Phi) is 7.02. The molecular formula is C30H46O9. The van der Waals surface area contributed by atoms with E-state index in [4.69, 9.17) is 18.9 Å². The predicted molar refractivity (Wildman–Crippen MR) is 139 cm³/mol. The molecule has 39 heavy (non-hydrogen) atoms. The number of cyclic esters (lactones) is 1. The van der Waals surface area contributed by atoms with Gasteiger partial charge >= 0.3 is 5.97 Å². The van der Waals surface area contributed by atoms with E-state index in [1.54, 1.807) is 13.2 Å². The molecule has 6 aliphatic rings. The molecule has 1 saturated heterocycles. The number of ether oxygens (including phenoxy) is 4. The zero-order valence-corrected chi connectivity index (χ0v) is 23.5. The lowest BCUT2D eigenvalue weighted by atomic mass is 9.41. The van der Waals surface area contributed by atoms with Gasteiger partial charge in [-0.15, -0.1) is 0 Å². The zero-order chi connectivity index (χ0) is 27.8. The van der Waals surface area contributed by atoms with Crippen LogP contribution >= 0.6 is 0 Å². The zero-order valence-electron chi connectivity index (χ0n) is 23.5. The van der Waals surface area contributed by atoms with Gasteiger partial charge in [-0.1, -0.05) is 6.92 Å². The van der Waals surface area contributed by atoms with E-state index in [2.05, 4.69) is 6.92 Å². The summed E-state index contributed by atoms with van der Waals surface area (Å²) in [6.07, 6.45) is 5.82. The fourth-order valence-electron chi connectivity index (χ4n) is 10.2. The highest BCUT2D eigenvalue weighted by Crippen LogP contribution is 2.70. The minimum absolute atomic E-state index is 0.00781. The fraction of sp³-hybridized carbons (Fsp3) is 0.900. The molecule has 9 heteroatoms. The van der Waals surface area contributed by atoms with Crippen molar-refractivity contribution in [2.24, 2.45) is 28.6 Å². The number of aliphatic hydroxyl groups excluding tert-OH is 2. The van der Waals surface area contributed by atoms with E-state index in [0.717, 1.165) is 24.8 Å². The molecule has 0 aromatic carbocycles. The lowest BCUT2D eigenvalue weighted by molar-refractivity contribution is -0.298. The van der Waals surface area contributed by atoms with Crippen LogP contribution in [0.5, 0.6) is 0 Å². The van der Waals surface area contributed by atoms with E-state index in [-0.39, 0.29) is 48.0 Å². The lowest BCUT2D eigenvalue weighted by Gasteiger charge is -2.66. The molecule has 0 aromatic heterocycles. The average Bonchev–Trinajstić information content (AvgIpc) is 3.45. The number of esters is 1. The number of rotatable bonds is 5. The summed E-state index contributed by atoms with van der Waals surface area (Å²) >= 11 is 0. The number of fused-ring (bicyclic) bond motifs is 5. The molecule has 220 valence electrons. The Morgan fingerprint density at radius 2 is 1.85 bits per heavy atom. The summed E-state index contributed by atoms with van der Waals surface area (Å²) in [6, 6.07) is 0. The summed E-state index contributed by atoms with van der Waals surface area (Å²) in [7, 11) is 1.58. The summed E-state index contributed by atoms with van der Waals surface area (Å²) < 4.78 is 23.0. The van der Waals surface area contributed by atoms with Crippen molar-refractivity contribution < 1.29 is 44.2 Å². The van der Waals surface area contributed by atoms with Crippen LogP contribution in [0, 0.1) is 28.6 Å². The third kappa shape index (κ3) is 4.02. The van der Waals surface area contributed by atoms with E-state index < -0.39 is 35.1 Å². The van der Waals surface area contributed by atoms with E-state index in [9.17, 15) is 25.2 Å². The van der Waals surface area contributed by atoms with Crippen molar-refractivity contribution in [2.75, 3.05) is 20.3 Å². The largest absolute Gasteiger partial charge is 0.458 e. The third-order valence-electron chi connectivity index (χ3n) is 12.3. The molecule has 4 aliphatic carbocycles. The number of hydrogen-bond acceptors (Lipinski definition) is 9. The van der Waals surface area contributed by atoms with Crippen LogP contribution in [0.25, 0.3) is 0 Å². The number of carbonyl (C=O) groups is 1. The van der Waals surface area contributed by atoms with Gasteiger partial charge in [0.2, 0.25) is 0 Å². The monoisotopic (exact) mass is 550 g/mol. The maximum absolute atomic E-state index is 12.4. The maximum Gasteiger partial charge on any atom is 0.331 e. The van der Waals surface area contributed by atoms with Gasteiger partial charge in [0.15, 0.2) is 6.29 Å². The minimum Gasteiger partial charge on any atom is -0.458 e. The molecule has 12 atom stereocenters. The molecule has 2 aliphatic heterocycles. The fourth-order valence-corrected chi connectivity index (χ4v) is 10.2. The number of methoxy groups -OCH3 is 1. The summed E-state index contributed by atoms with van der Waals surface area (Å²) in [5.41, 5.74) is -2.06. The molecular weight excluding hydrogens is 504 g/mol. The molecule has 6 rings (SSSR count). The van der Waals surface area contributed by atoms with Crippen LogP contribution in [-0.2, 0) is 23.7 Å². The van der Waals surface area contributed by atoms with Crippen molar-refractivity contribution in [1.82, 2.24) is 0 Å². The van der Waals surface area contributed by atoms with Crippen LogP contribution in [0.2, 0.25) is 0 Å². The van der Waals surface area contributed by atoms with Gasteiger partial charge < -0.3 is 39.4 Å². The topological polar surface area (TPSA) is 135 Å². The molecule has 4 saturated carbocycles. The van der Waals surface area contributed by atoms with Crippen LogP contribution in [0.1, 0.15) is 78.1 Å². The van der Waals surface area contributed by atoms with E-state index >= 15 is 0 Å². The quantitative estimate of drug-likeness (QED) is 0.300. The highest BCUT2D eigenvalue weighted by molar-refractivity contribution is 5.85. The lowest BCUT2D eigenvalue weighted by Crippen LogP contribution is -2.69. The van der Waals surface area contributed by atoms with Crippen LogP contribution in [-0.4, -0.2) is 88.6 Å². The van der Waals surface area contributed by atoms with Gasteiger partial charge in [-0.2, -0.15) is 0 Å². The first-order chi connectivity index (χ1) is 18.5. The highest BCUT2D eigenvalue weighted by atomic mass is 16.7. The second kappa shape index (κ2) is 9.75. The van der Waals surface area contributed by atoms with Crippen molar-refractivity contribution in [3.63, 3.8) is 0 Å². The second-order valence-corrected chi connectivity index (χ2v) is 13.7. The molecule has 0 radical (unpaired) electrons. The molecule has 9 nitrogen and oxygen atoms in total. The van der Waals surface area contributed by atoms with Crippen LogP contribution < -0.4 is 0 Å². The van der Waals surface area contributed by atoms with E-state index in [1.165, 1.54) is 0 Å². The summed E-state index contributed by atoms with van der Waals surface area (Å²) in [5.74, 6) is -0.192. The van der Waals surface area contributed by atoms with Crippen molar-refractivity contribution in [2.45, 2.75) is 120 Å². The smallest absolute Gasteiger partial charge is 0.331 e. The van der Waals surface area contributed by atoms with Gasteiger partial charge in [-0.05, 0) is 81.6 Å². The van der Waals surface area contributed by atoms with Gasteiger partial charge in [-0.25, -0.2) is 4.79 Å². The van der Waals surface area contributed by atoms with Gasteiger partial charge in [0.1, 0.15) is 12.7 Å². The van der Waals surface area contributed by atoms with Gasteiger partial charge in [-0.3, -0.25) is 0 Å². The Labute approximate surface area is 230 Å². The van der Waals surface area contributed by atoms with Gasteiger partial charge in [0, 0.05) is 36.9 Å². The molecule has 0 bridgehead atoms. The number of aliphatic hydroxyl groups is 4. The van der Waals surface area contributed by atoms with Crippen LogP contribution in [0.15, 0.2) is 11.6 Å². The van der Waals surface area contributed by atoms with Gasteiger partial charge in [0.25, 0.3) is 0 Å². The maximum atomic E-state index is 12.4. The molecule has 0 aromatic rings. The Morgan fingerprint density at radius 3 is 2.54 bits per heavy atom.